The maximum absolute atomic E-state index is 4.35. The molecule has 1 aliphatic carbocycles. The van der Waals surface area contributed by atoms with E-state index in [-0.39, 0.29) is 0 Å². The van der Waals surface area contributed by atoms with Crippen LogP contribution in [0.2, 0.25) is 0 Å². The van der Waals surface area contributed by atoms with Crippen molar-refractivity contribution in [2.75, 3.05) is 24.2 Å². The zero-order chi connectivity index (χ0) is 12.3. The quantitative estimate of drug-likeness (QED) is 0.794. The Kier molecular flexibility index (Phi) is 3.82. The Hall–Kier alpha value is -1.32. The number of nitrogens with one attached hydrogen (secondary N) is 2. The third-order valence-corrected chi connectivity index (χ3v) is 3.55. The molecule has 1 unspecified atom stereocenters. The molecule has 1 aromatic rings. The number of hydrogen-bond acceptors (Lipinski definition) is 4. The molecule has 0 radical (unpaired) electrons. The van der Waals surface area contributed by atoms with E-state index >= 15 is 0 Å². The van der Waals surface area contributed by atoms with Crippen molar-refractivity contribution in [3.63, 3.8) is 0 Å². The van der Waals surface area contributed by atoms with Crippen LogP contribution in [0.15, 0.2) is 6.33 Å². The van der Waals surface area contributed by atoms with Crippen molar-refractivity contribution in [3.05, 3.63) is 11.9 Å². The summed E-state index contributed by atoms with van der Waals surface area (Å²) in [5, 5.41) is 6.59. The first-order valence-corrected chi connectivity index (χ1v) is 6.51. The van der Waals surface area contributed by atoms with E-state index in [2.05, 4.69) is 34.4 Å². The second kappa shape index (κ2) is 5.34. The van der Waals surface area contributed by atoms with Crippen LogP contribution < -0.4 is 10.6 Å². The number of hydrogen-bond donors (Lipinski definition) is 2. The summed E-state index contributed by atoms with van der Waals surface area (Å²) in [7, 11) is 1.90. The zero-order valence-corrected chi connectivity index (χ0v) is 11.0. The van der Waals surface area contributed by atoms with Gasteiger partial charge in [0, 0.05) is 19.2 Å². The van der Waals surface area contributed by atoms with Crippen molar-refractivity contribution in [3.8, 4) is 0 Å². The summed E-state index contributed by atoms with van der Waals surface area (Å²) in [6.07, 6.45) is 5.36. The molecule has 0 aromatic carbocycles. The van der Waals surface area contributed by atoms with Gasteiger partial charge in [-0.3, -0.25) is 0 Å². The normalized spacial score (nSPS) is 16.6. The molecule has 0 bridgehead atoms. The lowest BCUT2D eigenvalue weighted by molar-refractivity contribution is 0.535. The van der Waals surface area contributed by atoms with Crippen LogP contribution >= 0.6 is 0 Å². The molecule has 0 saturated heterocycles. The van der Waals surface area contributed by atoms with E-state index in [1.165, 1.54) is 18.4 Å². The first-order chi connectivity index (χ1) is 8.26. The lowest BCUT2D eigenvalue weighted by Crippen LogP contribution is -2.15. The maximum Gasteiger partial charge on any atom is 0.134 e. The predicted molar refractivity (Wildman–Crippen MR) is 71.3 cm³/mol. The smallest absolute Gasteiger partial charge is 0.134 e. The third kappa shape index (κ3) is 2.87. The summed E-state index contributed by atoms with van der Waals surface area (Å²) in [5.41, 5.74) is 1.18. The van der Waals surface area contributed by atoms with Gasteiger partial charge in [0.25, 0.3) is 0 Å². The van der Waals surface area contributed by atoms with Crippen molar-refractivity contribution in [1.29, 1.82) is 0 Å². The first kappa shape index (κ1) is 12.1. The average molecular weight is 234 g/mol. The number of rotatable bonds is 6. The highest BCUT2D eigenvalue weighted by atomic mass is 15.1. The standard InChI is InChI=1S/C13H22N4/c1-4-11-12(14-3)16-8-17-13(11)15-7-9(2)10-5-6-10/h8-10H,4-7H2,1-3H3,(H2,14,15,16,17). The molecule has 1 aliphatic rings. The second-order valence-corrected chi connectivity index (χ2v) is 4.85. The number of nitrogens with zero attached hydrogens (tertiary/aromatic N) is 2. The first-order valence-electron chi connectivity index (χ1n) is 6.51. The summed E-state index contributed by atoms with van der Waals surface area (Å²) in [4.78, 5) is 8.59. The fourth-order valence-electron chi connectivity index (χ4n) is 2.20. The third-order valence-electron chi connectivity index (χ3n) is 3.55. The second-order valence-electron chi connectivity index (χ2n) is 4.85. The van der Waals surface area contributed by atoms with E-state index in [0.29, 0.717) is 0 Å². The van der Waals surface area contributed by atoms with Crippen LogP contribution in [0.5, 0.6) is 0 Å². The summed E-state index contributed by atoms with van der Waals surface area (Å²) in [5.74, 6) is 3.59. The molecule has 0 amide bonds. The summed E-state index contributed by atoms with van der Waals surface area (Å²) in [6.45, 7) is 5.46. The van der Waals surface area contributed by atoms with Crippen LogP contribution in [-0.4, -0.2) is 23.6 Å². The molecule has 4 nitrogen and oxygen atoms in total. The van der Waals surface area contributed by atoms with Gasteiger partial charge in [0.2, 0.25) is 0 Å². The Balaban J connectivity index is 2.03. The minimum absolute atomic E-state index is 0.743. The molecular formula is C13H22N4. The van der Waals surface area contributed by atoms with Gasteiger partial charge < -0.3 is 10.6 Å². The van der Waals surface area contributed by atoms with Gasteiger partial charge in [0.1, 0.15) is 18.0 Å². The fourth-order valence-corrected chi connectivity index (χ4v) is 2.20. The van der Waals surface area contributed by atoms with Crippen molar-refractivity contribution in [1.82, 2.24) is 9.97 Å². The molecule has 0 aliphatic heterocycles. The SMILES string of the molecule is CCc1c(NC)ncnc1NCC(C)C1CC1. The van der Waals surface area contributed by atoms with Gasteiger partial charge in [0.15, 0.2) is 0 Å². The van der Waals surface area contributed by atoms with E-state index in [1.807, 2.05) is 7.05 Å². The maximum atomic E-state index is 4.35. The van der Waals surface area contributed by atoms with Crippen molar-refractivity contribution in [2.24, 2.45) is 11.8 Å². The Labute approximate surface area is 103 Å². The van der Waals surface area contributed by atoms with Crippen LogP contribution in [0.1, 0.15) is 32.3 Å². The van der Waals surface area contributed by atoms with Crippen LogP contribution in [-0.2, 0) is 6.42 Å². The summed E-state index contributed by atoms with van der Waals surface area (Å²) in [6, 6.07) is 0. The molecule has 2 rings (SSSR count). The van der Waals surface area contributed by atoms with Crippen LogP contribution in [0.4, 0.5) is 11.6 Å². The predicted octanol–water partition coefficient (Wildman–Crippen LogP) is 2.54. The Bertz CT molecular complexity index is 374. The van der Waals surface area contributed by atoms with Gasteiger partial charge in [-0.2, -0.15) is 0 Å². The van der Waals surface area contributed by atoms with Crippen LogP contribution in [0.3, 0.4) is 0 Å². The molecule has 4 heteroatoms. The molecule has 1 atom stereocenters. The van der Waals surface area contributed by atoms with E-state index in [9.17, 15) is 0 Å². The summed E-state index contributed by atoms with van der Waals surface area (Å²) >= 11 is 0. The van der Waals surface area contributed by atoms with Crippen LogP contribution in [0.25, 0.3) is 0 Å². The van der Waals surface area contributed by atoms with E-state index in [1.54, 1.807) is 6.33 Å². The summed E-state index contributed by atoms with van der Waals surface area (Å²) < 4.78 is 0. The lowest BCUT2D eigenvalue weighted by Gasteiger charge is -2.15. The number of aromatic nitrogens is 2. The van der Waals surface area contributed by atoms with E-state index in [0.717, 1.165) is 36.4 Å². The van der Waals surface area contributed by atoms with Gasteiger partial charge in [0.05, 0.1) is 0 Å². The van der Waals surface area contributed by atoms with Crippen LogP contribution in [0, 0.1) is 11.8 Å². The Morgan fingerprint density at radius 3 is 2.65 bits per heavy atom. The van der Waals surface area contributed by atoms with Crippen molar-refractivity contribution >= 4 is 11.6 Å². The van der Waals surface area contributed by atoms with Gasteiger partial charge in [-0.1, -0.05) is 13.8 Å². The fraction of sp³-hybridized carbons (Fsp3) is 0.692. The monoisotopic (exact) mass is 234 g/mol. The molecule has 1 heterocycles. The minimum atomic E-state index is 0.743. The Morgan fingerprint density at radius 2 is 2.06 bits per heavy atom. The topological polar surface area (TPSA) is 49.8 Å². The highest BCUT2D eigenvalue weighted by molar-refractivity contribution is 5.57. The highest BCUT2D eigenvalue weighted by Crippen LogP contribution is 2.36. The molecule has 0 spiro atoms. The molecule has 1 saturated carbocycles. The van der Waals surface area contributed by atoms with Crippen molar-refractivity contribution < 1.29 is 0 Å². The van der Waals surface area contributed by atoms with Gasteiger partial charge in [-0.25, -0.2) is 9.97 Å². The molecule has 94 valence electrons. The molecule has 1 fully saturated rings. The molecule has 1 aromatic heterocycles. The zero-order valence-electron chi connectivity index (χ0n) is 11.0. The largest absolute Gasteiger partial charge is 0.373 e. The number of anilines is 2. The Morgan fingerprint density at radius 1 is 1.35 bits per heavy atom. The molecule has 2 N–H and O–H groups in total. The highest BCUT2D eigenvalue weighted by Gasteiger charge is 2.27. The average Bonchev–Trinajstić information content (AvgIpc) is 3.19. The van der Waals surface area contributed by atoms with E-state index in [4.69, 9.17) is 0 Å². The molecule has 17 heavy (non-hydrogen) atoms. The van der Waals surface area contributed by atoms with Gasteiger partial charge >= 0.3 is 0 Å². The van der Waals surface area contributed by atoms with Gasteiger partial charge in [-0.05, 0) is 31.1 Å². The van der Waals surface area contributed by atoms with Crippen molar-refractivity contribution in [2.45, 2.75) is 33.1 Å². The van der Waals surface area contributed by atoms with E-state index < -0.39 is 0 Å². The van der Waals surface area contributed by atoms with Gasteiger partial charge in [-0.15, -0.1) is 0 Å². The lowest BCUT2D eigenvalue weighted by atomic mass is 10.1. The minimum Gasteiger partial charge on any atom is -0.373 e. The molecular weight excluding hydrogens is 212 g/mol.